The number of nitrogens with one attached hydrogen (secondary N) is 6. The van der Waals surface area contributed by atoms with Crippen LogP contribution in [0.25, 0.3) is 269 Å². The van der Waals surface area contributed by atoms with Crippen molar-refractivity contribution in [2.24, 2.45) is 0 Å². The molecule has 21 aromatic rings. The molecule has 42 nitrogen and oxygen atoms in total. The van der Waals surface area contributed by atoms with Crippen molar-refractivity contribution in [2.45, 2.75) is 29.4 Å². The zero-order chi connectivity index (χ0) is 98.8. The van der Waals surface area contributed by atoms with Gasteiger partial charge in [-0.3, -0.25) is 0 Å². The van der Waals surface area contributed by atoms with Gasteiger partial charge in [0.25, 0.3) is 0 Å². The van der Waals surface area contributed by atoms with E-state index in [0.717, 1.165) is 50.5 Å². The van der Waals surface area contributed by atoms with E-state index in [1.807, 2.05) is 109 Å². The fraction of sp³-hybridized carbons (Fsp3) is 0. The number of H-pyrrole nitrogens is 6. The van der Waals surface area contributed by atoms with Gasteiger partial charge in [0.2, 0.25) is 0 Å². The molecule has 0 aliphatic carbocycles. The van der Waals surface area contributed by atoms with E-state index in [1.54, 1.807) is 109 Å². The van der Waals surface area contributed by atoms with E-state index < -0.39 is 106 Å². The molecule has 12 aromatic carbocycles. The van der Waals surface area contributed by atoms with Crippen LogP contribution in [0.4, 0.5) is 0 Å². The smallest absolute Gasteiger partial charge is 0.744 e. The standard InChI is InChI=1S/3C32H18N8O6S2.2Rh/c3*41-47(42,43)22-14-13-21-23(24(22)48(44,45)46)32-39-30-20-12-6-5-11-19(20)28(37-30)35-26-16-8-2-1-7-15(16)25(33-26)34-27-17-9-3-4-10-18(17)29(36-27)38-31(21)40-32;;/h3*1-14H,(H,41,42,43)(H,44,45,46)(H2,33,34,35,36,37,38,39,40);;/q;;;2*+3/p-6. The minimum atomic E-state index is -5.56. The summed E-state index contributed by atoms with van der Waals surface area (Å²) in [5.41, 5.74) is 9.25. The maximum absolute atomic E-state index is 12.7. The molecule has 6 aliphatic heterocycles. The molecule has 24 bridgehead atoms. The minimum absolute atomic E-state index is 0. The Labute approximate surface area is 843 Å². The molecule has 0 fully saturated rings. The second kappa shape index (κ2) is 34.1. The quantitative estimate of drug-likeness (QED) is 0.0665. The zero-order valence-corrected chi connectivity index (χ0v) is 80.9. The number of aromatic amines is 6. The Kier molecular flexibility index (Phi) is 21.7. The van der Waals surface area contributed by atoms with Gasteiger partial charge in [-0.2, -0.15) is 0 Å². The Hall–Kier alpha value is -16.6. The zero-order valence-electron chi connectivity index (χ0n) is 72.8. The fourth-order valence-corrected chi connectivity index (χ4v) is 24.2. The van der Waals surface area contributed by atoms with Crippen molar-refractivity contribution >= 4 is 193 Å². The third-order valence-electron chi connectivity index (χ3n) is 24.5. The third kappa shape index (κ3) is 15.6. The molecule has 714 valence electrons. The van der Waals surface area contributed by atoms with Gasteiger partial charge in [-0.05, 0) is 36.4 Å². The molecule has 0 saturated carbocycles. The van der Waals surface area contributed by atoms with Crippen molar-refractivity contribution in [3.05, 3.63) is 255 Å². The van der Waals surface area contributed by atoms with Gasteiger partial charge >= 0.3 is 39.0 Å². The molecule has 15 heterocycles. The van der Waals surface area contributed by atoms with Gasteiger partial charge in [0.1, 0.15) is 128 Å². The SMILES string of the molecule is O=S(=O)([O-])c1ccc2c3nc4nc(nc5[nH]c(nc6nc(nc([nH]3)c2c1S(=O)(=O)[O-])-c1ccccc1-6)c1ccccc51)-c1ccccc1-4.O=S(=O)([O-])c1ccc2c3nc4nc(nc5[nH]c(nc6nc(nc([nH]3)c2c1S(=O)(=O)[O-])-c1ccccc1-6)c1ccccc51)-c1ccccc1-4.O=S(=O)([O-])c1ccc2c3nc4nc(nc5[nH]c(nc6nc(nc([nH]3)c2c1S(=O)(=O)[O-])-c1ccccc1-6)c1ccccc51)-c1ccccc1-4.[Rh+3].[Rh+3]. The topological polar surface area (TPSA) is 670 Å². The van der Waals surface area contributed by atoms with Gasteiger partial charge < -0.3 is 57.2 Å². The van der Waals surface area contributed by atoms with E-state index in [9.17, 15) is 77.8 Å². The van der Waals surface area contributed by atoms with Gasteiger partial charge in [-0.1, -0.05) is 218 Å². The molecule has 27 rings (SSSR count). The van der Waals surface area contributed by atoms with E-state index in [-0.39, 0.29) is 141 Å². The molecule has 50 heteroatoms. The summed E-state index contributed by atoms with van der Waals surface area (Å²) in [6, 6.07) is 71.5. The average molecular weight is 2220 g/mol. The summed E-state index contributed by atoms with van der Waals surface area (Å²) in [6.07, 6.45) is 0. The van der Waals surface area contributed by atoms with Crippen LogP contribution in [-0.2, 0) is 99.7 Å². The molecule has 0 atom stereocenters. The Morgan fingerprint density at radius 1 is 0.151 bits per heavy atom. The number of fused-ring (bicyclic) bond motifs is 60. The van der Waals surface area contributed by atoms with Crippen LogP contribution < -0.4 is 0 Å². The average Bonchev–Trinajstić information content (AvgIpc) is 1.58. The Morgan fingerprint density at radius 2 is 0.281 bits per heavy atom. The van der Waals surface area contributed by atoms with Gasteiger partial charge in [0, 0.05) is 131 Å². The first-order valence-corrected chi connectivity index (χ1v) is 51.2. The molecule has 6 aliphatic rings. The molecule has 0 unspecified atom stereocenters. The monoisotopic (exact) mass is 2220 g/mol. The van der Waals surface area contributed by atoms with Crippen LogP contribution in [0.5, 0.6) is 0 Å². The summed E-state index contributed by atoms with van der Waals surface area (Å²) < 4.78 is 224. The fourth-order valence-electron chi connectivity index (χ4n) is 18.4. The maximum Gasteiger partial charge on any atom is 3.00 e. The number of rotatable bonds is 6. The van der Waals surface area contributed by atoms with Crippen LogP contribution in [0.15, 0.2) is 284 Å². The molecule has 6 N–H and O–H groups in total. The van der Waals surface area contributed by atoms with Crippen LogP contribution in [0, 0.1) is 0 Å². The van der Waals surface area contributed by atoms with Crippen molar-refractivity contribution < 1.29 is 117 Å². The summed E-state index contributed by atoms with van der Waals surface area (Å²) in [6.45, 7) is 0. The molecule has 0 spiro atoms. The van der Waals surface area contributed by atoms with E-state index in [1.165, 1.54) is 18.2 Å². The molecule has 146 heavy (non-hydrogen) atoms. The van der Waals surface area contributed by atoms with Gasteiger partial charge in [-0.15, -0.1) is 0 Å². The van der Waals surface area contributed by atoms with Crippen LogP contribution >= 0.6 is 0 Å². The predicted molar refractivity (Wildman–Crippen MR) is 516 cm³/mol. The van der Waals surface area contributed by atoms with E-state index in [0.29, 0.717) is 118 Å². The first-order chi connectivity index (χ1) is 69.1. The van der Waals surface area contributed by atoms with Crippen LogP contribution in [0.1, 0.15) is 0 Å². The number of hydrogen-bond acceptors (Lipinski definition) is 36. The predicted octanol–water partition coefficient (Wildman–Crippen LogP) is 14.0. The summed E-state index contributed by atoms with van der Waals surface area (Å²) in [5, 5.41) is 3.39. The second-order valence-electron chi connectivity index (χ2n) is 32.9. The first kappa shape index (κ1) is 93.1. The van der Waals surface area contributed by atoms with Crippen molar-refractivity contribution in [1.29, 1.82) is 0 Å². The number of aromatic nitrogens is 24. The van der Waals surface area contributed by atoms with E-state index in [2.05, 4.69) is 59.8 Å². The van der Waals surface area contributed by atoms with Gasteiger partial charge in [0.05, 0.1) is 29.4 Å². The summed E-state index contributed by atoms with van der Waals surface area (Å²) in [7, 11) is -32.9. The van der Waals surface area contributed by atoms with Crippen LogP contribution in [0.3, 0.4) is 0 Å². The Morgan fingerprint density at radius 3 is 0.425 bits per heavy atom. The molecule has 9 aromatic heterocycles. The van der Waals surface area contributed by atoms with Crippen molar-refractivity contribution in [3.63, 3.8) is 0 Å². The number of nitrogens with zero attached hydrogens (tertiary/aromatic N) is 18. The van der Waals surface area contributed by atoms with Gasteiger partial charge in [-0.25, -0.2) is 140 Å². The van der Waals surface area contributed by atoms with Crippen molar-refractivity contribution in [1.82, 2.24) is 120 Å². The number of hydrogen-bond donors (Lipinski definition) is 6. The maximum atomic E-state index is 12.7. The van der Waals surface area contributed by atoms with Crippen LogP contribution in [0.2, 0.25) is 0 Å². The van der Waals surface area contributed by atoms with Gasteiger partial charge in [0.15, 0.2) is 69.9 Å². The second-order valence-corrected chi connectivity index (χ2v) is 40.9. The molecule has 0 saturated heterocycles. The Bertz CT molecular complexity index is 9890. The molecular formula is C96H48N24O18Rh2S6. The third-order valence-corrected chi connectivity index (χ3v) is 30.3. The first-order valence-electron chi connectivity index (χ1n) is 42.7. The Balaban J connectivity index is 0.000000120. The van der Waals surface area contributed by atoms with E-state index >= 15 is 0 Å². The van der Waals surface area contributed by atoms with E-state index in [4.69, 9.17) is 59.8 Å². The molecule has 0 radical (unpaired) electrons. The summed E-state index contributed by atoms with van der Waals surface area (Å²) >= 11 is 0. The normalized spacial score (nSPS) is 12.5. The number of benzene rings is 12. The summed E-state index contributed by atoms with van der Waals surface area (Å²) in [4.78, 5) is 96.6. The largest absolute Gasteiger partial charge is 3.00 e. The van der Waals surface area contributed by atoms with Crippen LogP contribution in [-0.4, -0.2) is 197 Å². The van der Waals surface area contributed by atoms with Crippen molar-refractivity contribution in [3.8, 4) is 137 Å². The summed E-state index contributed by atoms with van der Waals surface area (Å²) in [5.74, 6) is 2.63. The molecule has 0 amide bonds. The minimum Gasteiger partial charge on any atom is -0.744 e. The van der Waals surface area contributed by atoms with Crippen molar-refractivity contribution in [2.75, 3.05) is 0 Å². The molecular weight excluding hydrogens is 2180 g/mol.